The molecular weight excluding hydrogens is 440 g/mol. The van der Waals surface area contributed by atoms with Crippen molar-refractivity contribution in [1.29, 1.82) is 0 Å². The maximum atomic E-state index is 6.20. The van der Waals surface area contributed by atoms with Crippen molar-refractivity contribution < 1.29 is 0 Å². The Morgan fingerprint density at radius 1 is 1.16 bits per heavy atom. The lowest BCUT2D eigenvalue weighted by Gasteiger charge is -2.05. The second-order valence-corrected chi connectivity index (χ2v) is 9.11. The van der Waals surface area contributed by atoms with Crippen molar-refractivity contribution in [3.63, 3.8) is 0 Å². The number of hydrogen-bond acceptors (Lipinski definition) is 6. The lowest BCUT2D eigenvalue weighted by atomic mass is 10.3. The average Bonchev–Trinajstić information content (AvgIpc) is 3.16. The van der Waals surface area contributed by atoms with Crippen LogP contribution in [-0.4, -0.2) is 45.2 Å². The van der Waals surface area contributed by atoms with E-state index in [-0.39, 0.29) is 0 Å². The average molecular weight is 473 g/mol. The maximum absolute atomic E-state index is 6.20. The summed E-state index contributed by atoms with van der Waals surface area (Å²) >= 11 is 7.86. The van der Waals surface area contributed by atoms with Crippen LogP contribution in [0.15, 0.2) is 50.7 Å². The molecule has 0 unspecified atom stereocenters. The van der Waals surface area contributed by atoms with Gasteiger partial charge in [0.05, 0.1) is 11.1 Å². The minimum Gasteiger partial charge on any atom is -0.322 e. The smallest absolute Gasteiger partial charge is 0.171 e. The van der Waals surface area contributed by atoms with Crippen molar-refractivity contribution >= 4 is 34.6 Å². The third kappa shape index (κ3) is 7.58. The second-order valence-electron chi connectivity index (χ2n) is 7.42. The largest absolute Gasteiger partial charge is 0.322 e. The van der Waals surface area contributed by atoms with Crippen LogP contribution in [0.4, 0.5) is 11.6 Å². The van der Waals surface area contributed by atoms with E-state index >= 15 is 0 Å². The molecule has 0 amide bonds. The van der Waals surface area contributed by atoms with Gasteiger partial charge in [0.15, 0.2) is 17.5 Å². The topological polar surface area (TPSA) is 69.7 Å². The Balaban J connectivity index is 0.000000308. The monoisotopic (exact) mass is 472 g/mol. The number of halogens is 1. The Labute approximate surface area is 200 Å². The summed E-state index contributed by atoms with van der Waals surface area (Å²) in [7, 11) is 2.17. The van der Waals surface area contributed by atoms with Crippen molar-refractivity contribution in [2.45, 2.75) is 38.5 Å². The van der Waals surface area contributed by atoms with Gasteiger partial charge in [-0.05, 0) is 64.9 Å². The Bertz CT molecular complexity index is 957. The fourth-order valence-electron chi connectivity index (χ4n) is 3.13. The third-order valence-electron chi connectivity index (χ3n) is 4.90. The SMILES string of the molecule is C=C.C=C.CN1CCCC1.Cc1ccc(-c2ncc(Cl)c(Nc3cc(C4CC4)[nH]n3)n2)s1. The van der Waals surface area contributed by atoms with E-state index in [0.29, 0.717) is 22.6 Å². The highest BCUT2D eigenvalue weighted by Crippen LogP contribution is 2.40. The van der Waals surface area contributed by atoms with E-state index in [1.807, 2.05) is 12.1 Å². The summed E-state index contributed by atoms with van der Waals surface area (Å²) in [5.74, 6) is 2.61. The number of thiophene rings is 1. The number of anilines is 2. The summed E-state index contributed by atoms with van der Waals surface area (Å²) in [6.07, 6.45) is 6.91. The van der Waals surface area contributed by atoms with E-state index in [0.717, 1.165) is 10.7 Å². The van der Waals surface area contributed by atoms with Gasteiger partial charge in [0.1, 0.15) is 5.02 Å². The van der Waals surface area contributed by atoms with Crippen LogP contribution < -0.4 is 5.32 Å². The first-order chi connectivity index (χ1) is 15.6. The zero-order valence-electron chi connectivity index (χ0n) is 19.0. The molecule has 2 aliphatic rings. The van der Waals surface area contributed by atoms with Gasteiger partial charge < -0.3 is 10.2 Å². The summed E-state index contributed by atoms with van der Waals surface area (Å²) in [5, 5.41) is 11.0. The van der Waals surface area contributed by atoms with Crippen LogP contribution in [0.1, 0.15) is 42.2 Å². The fourth-order valence-corrected chi connectivity index (χ4v) is 4.08. The molecule has 0 atom stereocenters. The summed E-state index contributed by atoms with van der Waals surface area (Å²) < 4.78 is 0. The maximum Gasteiger partial charge on any atom is 0.171 e. The molecule has 0 radical (unpaired) electrons. The van der Waals surface area contributed by atoms with Crippen LogP contribution in [0.25, 0.3) is 10.7 Å². The van der Waals surface area contributed by atoms with E-state index in [1.165, 1.54) is 49.3 Å². The zero-order valence-corrected chi connectivity index (χ0v) is 20.6. The number of H-pyrrole nitrogens is 1. The summed E-state index contributed by atoms with van der Waals surface area (Å²) in [6, 6.07) is 6.10. The van der Waals surface area contributed by atoms with Crippen LogP contribution in [-0.2, 0) is 0 Å². The molecule has 2 fully saturated rings. The van der Waals surface area contributed by atoms with Crippen LogP contribution in [0.2, 0.25) is 5.02 Å². The number of aromatic nitrogens is 4. The fraction of sp³-hybridized carbons (Fsp3) is 0.375. The minimum atomic E-state index is 0.480. The number of hydrogen-bond donors (Lipinski definition) is 2. The summed E-state index contributed by atoms with van der Waals surface area (Å²) in [5.41, 5.74) is 1.17. The molecule has 1 aliphatic carbocycles. The van der Waals surface area contributed by atoms with E-state index in [4.69, 9.17) is 11.6 Å². The highest BCUT2D eigenvalue weighted by molar-refractivity contribution is 7.15. The van der Waals surface area contributed by atoms with Gasteiger partial charge in [-0.3, -0.25) is 5.10 Å². The van der Waals surface area contributed by atoms with Gasteiger partial charge in [-0.15, -0.1) is 37.7 Å². The first-order valence-electron chi connectivity index (χ1n) is 10.7. The number of aromatic amines is 1. The Morgan fingerprint density at radius 2 is 1.84 bits per heavy atom. The number of aryl methyl sites for hydroxylation is 1. The van der Waals surface area contributed by atoms with Gasteiger partial charge in [0.2, 0.25) is 0 Å². The molecular formula is C24H33ClN6S. The van der Waals surface area contributed by atoms with Crippen LogP contribution >= 0.6 is 22.9 Å². The van der Waals surface area contributed by atoms with E-state index in [2.05, 4.69) is 76.7 Å². The van der Waals surface area contributed by atoms with Crippen LogP contribution in [0, 0.1) is 6.92 Å². The molecule has 0 bridgehead atoms. The van der Waals surface area contributed by atoms with Crippen molar-refractivity contribution in [2.24, 2.45) is 0 Å². The first kappa shape index (κ1) is 25.8. The predicted octanol–water partition coefficient (Wildman–Crippen LogP) is 6.83. The molecule has 6 nitrogen and oxygen atoms in total. The zero-order chi connectivity index (χ0) is 23.5. The number of likely N-dealkylation sites (tertiary alicyclic amines) is 1. The Kier molecular flexibility index (Phi) is 10.6. The van der Waals surface area contributed by atoms with Crippen LogP contribution in [0.5, 0.6) is 0 Å². The molecule has 4 heterocycles. The van der Waals surface area contributed by atoms with E-state index in [9.17, 15) is 0 Å². The van der Waals surface area contributed by atoms with E-state index < -0.39 is 0 Å². The lowest BCUT2D eigenvalue weighted by Crippen LogP contribution is -2.10. The molecule has 0 aromatic carbocycles. The highest BCUT2D eigenvalue weighted by atomic mass is 35.5. The van der Waals surface area contributed by atoms with Gasteiger partial charge in [0.25, 0.3) is 0 Å². The number of nitrogens with zero attached hydrogens (tertiary/aromatic N) is 4. The molecule has 5 rings (SSSR count). The molecule has 3 aromatic rings. The molecule has 2 N–H and O–H groups in total. The first-order valence-corrected chi connectivity index (χ1v) is 11.9. The highest BCUT2D eigenvalue weighted by Gasteiger charge is 2.25. The molecule has 8 heteroatoms. The Hall–Kier alpha value is -2.48. The lowest BCUT2D eigenvalue weighted by molar-refractivity contribution is 0.418. The van der Waals surface area contributed by atoms with Gasteiger partial charge in [0, 0.05) is 22.6 Å². The van der Waals surface area contributed by atoms with Gasteiger partial charge in [-0.2, -0.15) is 5.10 Å². The Morgan fingerprint density at radius 3 is 2.38 bits per heavy atom. The summed E-state index contributed by atoms with van der Waals surface area (Å²) in [4.78, 5) is 13.4. The van der Waals surface area contributed by atoms with E-state index in [1.54, 1.807) is 17.5 Å². The second kappa shape index (κ2) is 13.2. The number of nitrogens with one attached hydrogen (secondary N) is 2. The standard InChI is InChI=1S/C15H14ClN5S.C5H11N.2C2H4/c1-8-2-5-12(22-8)15-17-7-10(16)14(19-15)18-13-6-11(20-21-13)9-3-4-9;1-6-4-2-3-5-6;2*1-2/h2,5-7,9H,3-4H2,1H3,(H2,17,18,19,20,21);2-5H2,1H3;2*1-2H2. The van der Waals surface area contributed by atoms with Crippen LogP contribution in [0.3, 0.4) is 0 Å². The molecule has 172 valence electrons. The van der Waals surface area contributed by atoms with Gasteiger partial charge in [-0.25, -0.2) is 9.97 Å². The van der Waals surface area contributed by atoms with Crippen molar-refractivity contribution in [3.8, 4) is 10.7 Å². The molecule has 3 aromatic heterocycles. The minimum absolute atomic E-state index is 0.480. The number of rotatable bonds is 4. The molecule has 1 saturated carbocycles. The van der Waals surface area contributed by atoms with Gasteiger partial charge >= 0.3 is 0 Å². The summed E-state index contributed by atoms with van der Waals surface area (Å²) in [6.45, 7) is 16.7. The normalized spacial score (nSPS) is 14.8. The quantitative estimate of drug-likeness (QED) is 0.407. The molecule has 1 saturated heterocycles. The molecule has 1 aliphatic heterocycles. The predicted molar refractivity (Wildman–Crippen MR) is 138 cm³/mol. The van der Waals surface area contributed by atoms with Crippen molar-refractivity contribution in [3.05, 3.63) is 66.3 Å². The third-order valence-corrected chi connectivity index (χ3v) is 6.17. The molecule has 32 heavy (non-hydrogen) atoms. The van der Waals surface area contributed by atoms with Crippen molar-refractivity contribution in [1.82, 2.24) is 25.1 Å². The molecule has 0 spiro atoms. The van der Waals surface area contributed by atoms with Gasteiger partial charge in [-0.1, -0.05) is 11.6 Å². The van der Waals surface area contributed by atoms with Crippen molar-refractivity contribution in [2.75, 3.05) is 25.5 Å².